The Bertz CT molecular complexity index is 2160. The number of rotatable bonds is 10. The van der Waals surface area contributed by atoms with Crippen molar-refractivity contribution >= 4 is 23.2 Å². The van der Waals surface area contributed by atoms with E-state index in [0.29, 0.717) is 23.8 Å². The van der Waals surface area contributed by atoms with E-state index in [0.717, 1.165) is 24.3 Å². The standard InChI is InChI=1S/2C17H17F4N5O2/c2*1-16(2,27)14(9-4-5-10(11(18)6-9)17(19,20)21)24-12-7-13(28-3)25-15-22-8-23-26(12)15/h2*4-8,14,24,27H,1-3H3/t2*14-/m10/s1. The summed E-state index contributed by atoms with van der Waals surface area (Å²) in [6, 6.07) is 5.98. The second-order valence-electron chi connectivity index (χ2n) is 13.2. The van der Waals surface area contributed by atoms with Crippen LogP contribution in [0.5, 0.6) is 11.8 Å². The number of methoxy groups -OCH3 is 2. The Morgan fingerprint density at radius 2 is 0.964 bits per heavy atom. The highest BCUT2D eigenvalue weighted by molar-refractivity contribution is 5.51. The highest BCUT2D eigenvalue weighted by Gasteiger charge is 2.37. The normalized spacial score (nSPS) is 13.6. The monoisotopic (exact) mass is 798 g/mol. The molecule has 4 aromatic heterocycles. The first-order valence-electron chi connectivity index (χ1n) is 16.2. The van der Waals surface area contributed by atoms with E-state index in [1.165, 1.54) is 75.7 Å². The Balaban J connectivity index is 0.000000214. The van der Waals surface area contributed by atoms with Crippen molar-refractivity contribution in [3.8, 4) is 11.8 Å². The molecule has 300 valence electrons. The van der Waals surface area contributed by atoms with Gasteiger partial charge in [-0.3, -0.25) is 0 Å². The fourth-order valence-electron chi connectivity index (χ4n) is 5.51. The molecular weight excluding hydrogens is 764 g/mol. The average Bonchev–Trinajstić information content (AvgIpc) is 3.77. The molecule has 0 unspecified atom stereocenters. The lowest BCUT2D eigenvalue weighted by molar-refractivity contribution is -0.140. The van der Waals surface area contributed by atoms with Crippen LogP contribution < -0.4 is 20.1 Å². The lowest BCUT2D eigenvalue weighted by Gasteiger charge is -2.31. The van der Waals surface area contributed by atoms with E-state index in [4.69, 9.17) is 9.47 Å². The molecule has 0 amide bonds. The van der Waals surface area contributed by atoms with E-state index in [9.17, 15) is 45.3 Å². The molecule has 0 fully saturated rings. The molecule has 2 aromatic carbocycles. The van der Waals surface area contributed by atoms with Crippen molar-refractivity contribution < 1.29 is 54.8 Å². The number of hydrogen-bond acceptors (Lipinski definition) is 12. The first-order valence-corrected chi connectivity index (χ1v) is 16.2. The van der Waals surface area contributed by atoms with Crippen molar-refractivity contribution in [1.82, 2.24) is 39.2 Å². The van der Waals surface area contributed by atoms with Gasteiger partial charge in [0.2, 0.25) is 11.8 Å². The molecule has 0 radical (unpaired) electrons. The van der Waals surface area contributed by atoms with E-state index in [1.807, 2.05) is 0 Å². The summed E-state index contributed by atoms with van der Waals surface area (Å²) >= 11 is 0. The molecule has 56 heavy (non-hydrogen) atoms. The molecule has 2 atom stereocenters. The third kappa shape index (κ3) is 9.13. The maximum Gasteiger partial charge on any atom is 0.419 e. The minimum absolute atomic E-state index is 0.113. The molecular formula is C34H34F8N10O4. The Morgan fingerprint density at radius 3 is 1.25 bits per heavy atom. The summed E-state index contributed by atoms with van der Waals surface area (Å²) in [7, 11) is 2.80. The number of aliphatic hydroxyl groups is 2. The van der Waals surface area contributed by atoms with E-state index < -0.39 is 58.4 Å². The van der Waals surface area contributed by atoms with Crippen LogP contribution in [0.1, 0.15) is 62.0 Å². The van der Waals surface area contributed by atoms with Gasteiger partial charge in [-0.1, -0.05) is 12.1 Å². The quantitative estimate of drug-likeness (QED) is 0.112. The zero-order valence-electron chi connectivity index (χ0n) is 30.2. The minimum Gasteiger partial charge on any atom is -0.481 e. The maximum atomic E-state index is 14.1. The molecule has 0 aliphatic heterocycles. The lowest BCUT2D eigenvalue weighted by atomic mass is 9.91. The van der Waals surface area contributed by atoms with Crippen LogP contribution in [0.4, 0.5) is 46.8 Å². The van der Waals surface area contributed by atoms with Crippen LogP contribution in [0, 0.1) is 11.6 Å². The van der Waals surface area contributed by atoms with Gasteiger partial charge < -0.3 is 30.3 Å². The number of fused-ring (bicyclic) bond motifs is 2. The Hall–Kier alpha value is -5.90. The van der Waals surface area contributed by atoms with Crippen LogP contribution in [0.2, 0.25) is 0 Å². The molecule has 4 heterocycles. The second-order valence-corrected chi connectivity index (χ2v) is 13.2. The van der Waals surface area contributed by atoms with Crippen LogP contribution in [0.3, 0.4) is 0 Å². The molecule has 0 bridgehead atoms. The summed E-state index contributed by atoms with van der Waals surface area (Å²) in [5.41, 5.74) is -5.49. The van der Waals surface area contributed by atoms with Crippen LogP contribution in [-0.4, -0.2) is 74.8 Å². The second kappa shape index (κ2) is 15.3. The number of alkyl halides is 6. The first kappa shape index (κ1) is 41.3. The fourth-order valence-corrected chi connectivity index (χ4v) is 5.51. The highest BCUT2D eigenvalue weighted by Crippen LogP contribution is 2.37. The smallest absolute Gasteiger partial charge is 0.419 e. The van der Waals surface area contributed by atoms with Crippen molar-refractivity contribution in [2.24, 2.45) is 0 Å². The predicted octanol–water partition coefficient (Wildman–Crippen LogP) is 6.43. The fraction of sp³-hybridized carbons (Fsp3) is 0.353. The van der Waals surface area contributed by atoms with Gasteiger partial charge in [-0.05, 0) is 63.1 Å². The van der Waals surface area contributed by atoms with Gasteiger partial charge in [-0.2, -0.15) is 65.5 Å². The third-order valence-electron chi connectivity index (χ3n) is 8.14. The van der Waals surface area contributed by atoms with E-state index in [2.05, 4.69) is 40.8 Å². The molecule has 0 spiro atoms. The number of nitrogens with zero attached hydrogens (tertiary/aromatic N) is 8. The van der Waals surface area contributed by atoms with Gasteiger partial charge in [0.25, 0.3) is 11.6 Å². The molecule has 4 N–H and O–H groups in total. The summed E-state index contributed by atoms with van der Waals surface area (Å²) in [6.45, 7) is 5.77. The molecule has 0 aliphatic carbocycles. The average molecular weight is 799 g/mol. The van der Waals surface area contributed by atoms with E-state index in [-0.39, 0.29) is 34.4 Å². The number of ether oxygens (including phenoxy) is 2. The number of hydrogen-bond donors (Lipinski definition) is 4. The molecule has 6 aromatic rings. The lowest BCUT2D eigenvalue weighted by Crippen LogP contribution is -2.35. The van der Waals surface area contributed by atoms with Gasteiger partial charge >= 0.3 is 12.4 Å². The van der Waals surface area contributed by atoms with Gasteiger partial charge in [0, 0.05) is 12.1 Å². The first-order chi connectivity index (χ1) is 26.0. The van der Waals surface area contributed by atoms with Gasteiger partial charge in [0.1, 0.15) is 35.9 Å². The summed E-state index contributed by atoms with van der Waals surface area (Å²) < 4.78 is 118. The van der Waals surface area contributed by atoms with Crippen molar-refractivity contribution in [2.45, 2.75) is 63.3 Å². The molecule has 6 rings (SSSR count). The summed E-state index contributed by atoms with van der Waals surface area (Å²) in [4.78, 5) is 16.1. The van der Waals surface area contributed by atoms with Crippen molar-refractivity contribution in [2.75, 3.05) is 24.9 Å². The Kier molecular flexibility index (Phi) is 11.3. The van der Waals surface area contributed by atoms with Crippen LogP contribution >= 0.6 is 0 Å². The van der Waals surface area contributed by atoms with Crippen molar-refractivity contribution in [3.63, 3.8) is 0 Å². The maximum absolute atomic E-state index is 14.1. The van der Waals surface area contributed by atoms with Crippen LogP contribution in [0.25, 0.3) is 11.6 Å². The zero-order chi connectivity index (χ0) is 41.4. The van der Waals surface area contributed by atoms with Gasteiger partial charge in [0.15, 0.2) is 0 Å². The molecule has 14 nitrogen and oxygen atoms in total. The minimum atomic E-state index is -4.81. The van der Waals surface area contributed by atoms with Crippen molar-refractivity contribution in [1.29, 1.82) is 0 Å². The number of halogens is 8. The van der Waals surface area contributed by atoms with Gasteiger partial charge in [0.05, 0.1) is 48.6 Å². The third-order valence-corrected chi connectivity index (χ3v) is 8.14. The summed E-state index contributed by atoms with van der Waals surface area (Å²) in [6.07, 6.45) is -7.12. The topological polar surface area (TPSA) is 169 Å². The molecule has 0 saturated carbocycles. The largest absolute Gasteiger partial charge is 0.481 e. The predicted molar refractivity (Wildman–Crippen MR) is 183 cm³/mol. The number of nitrogens with one attached hydrogen (secondary N) is 2. The van der Waals surface area contributed by atoms with Crippen LogP contribution in [0.15, 0.2) is 61.2 Å². The molecule has 0 aliphatic rings. The van der Waals surface area contributed by atoms with E-state index in [1.54, 1.807) is 0 Å². The number of benzene rings is 2. The number of anilines is 2. The van der Waals surface area contributed by atoms with Crippen molar-refractivity contribution in [3.05, 3.63) is 95.1 Å². The number of aromatic nitrogens is 8. The molecule has 0 saturated heterocycles. The SMILES string of the molecule is COc1cc(N[C@@H](c2ccc(C(F)(F)F)c(F)c2)C(C)(C)O)n2ncnc2n1.COc1cc(N[C@H](c2ccc(C(F)(F)F)c(F)c2)C(C)(C)O)n2ncnc2n1. The Morgan fingerprint density at radius 1 is 0.607 bits per heavy atom. The molecule has 22 heteroatoms. The van der Waals surface area contributed by atoms with Crippen LogP contribution in [-0.2, 0) is 12.4 Å². The zero-order valence-corrected chi connectivity index (χ0v) is 30.2. The summed E-state index contributed by atoms with van der Waals surface area (Å²) in [5, 5.41) is 35.1. The van der Waals surface area contributed by atoms with E-state index >= 15 is 0 Å². The van der Waals surface area contributed by atoms with Gasteiger partial charge in [-0.25, -0.2) is 8.78 Å². The summed E-state index contributed by atoms with van der Waals surface area (Å²) in [5.74, 6) is -1.45. The van der Waals surface area contributed by atoms with Gasteiger partial charge in [-0.15, -0.1) is 0 Å². The highest BCUT2D eigenvalue weighted by atomic mass is 19.4. The Labute approximate surface area is 312 Å².